The molecule has 1 heterocycles. The maximum absolute atomic E-state index is 13.9. The van der Waals surface area contributed by atoms with Gasteiger partial charge in [0.25, 0.3) is 5.91 Å². The number of carboxylic acids is 1. The Morgan fingerprint density at radius 2 is 1.79 bits per heavy atom. The molecule has 0 aliphatic rings. The minimum absolute atomic E-state index is 0.0167. The van der Waals surface area contributed by atoms with Crippen molar-refractivity contribution in [1.82, 2.24) is 15.3 Å². The number of amides is 2. The van der Waals surface area contributed by atoms with Crippen molar-refractivity contribution in [1.29, 1.82) is 0 Å². The van der Waals surface area contributed by atoms with E-state index in [2.05, 4.69) is 15.3 Å². The molecule has 0 radical (unpaired) electrons. The molecule has 224 valence electrons. The highest BCUT2D eigenvalue weighted by Gasteiger charge is 2.31. The molecule has 0 saturated carbocycles. The zero-order valence-electron chi connectivity index (χ0n) is 23.5. The fourth-order valence-electron chi connectivity index (χ4n) is 4.48. The molecule has 5 N–H and O–H groups in total. The number of fused-ring (bicyclic) bond motifs is 1. The number of aliphatic carboxylic acids is 1. The van der Waals surface area contributed by atoms with Crippen molar-refractivity contribution in [3.8, 4) is 0 Å². The van der Waals surface area contributed by atoms with Gasteiger partial charge >= 0.3 is 11.9 Å². The number of primary amides is 1. The number of halogens is 1. The average molecular weight is 583 g/mol. The SMILES string of the molecule is CC(C)(CCC(CC(O)C(Cc1cccc(F)c1)NC(=O)c1cnc2ccccc2n1)C(N)=O)OC(=O)CCC(=O)O. The normalized spacial score (nSPS) is 13.6. The minimum atomic E-state index is -1.27. The van der Waals surface area contributed by atoms with Gasteiger partial charge in [-0.1, -0.05) is 24.3 Å². The number of hydrogen-bond acceptors (Lipinski definition) is 8. The zero-order chi connectivity index (χ0) is 30.9. The molecule has 3 unspecified atom stereocenters. The molecule has 0 aliphatic heterocycles. The van der Waals surface area contributed by atoms with Crippen LogP contribution in [0.3, 0.4) is 0 Å². The molecule has 3 rings (SSSR count). The maximum Gasteiger partial charge on any atom is 0.306 e. The molecular weight excluding hydrogens is 547 g/mol. The summed E-state index contributed by atoms with van der Waals surface area (Å²) in [5.41, 5.74) is 6.24. The molecular formula is C30H35FN4O7. The third kappa shape index (κ3) is 9.88. The van der Waals surface area contributed by atoms with E-state index in [0.717, 1.165) is 0 Å². The molecule has 12 heteroatoms. The van der Waals surface area contributed by atoms with E-state index >= 15 is 0 Å². The molecule has 0 saturated heterocycles. The summed E-state index contributed by atoms with van der Waals surface area (Å²) in [4.78, 5) is 56.8. The maximum atomic E-state index is 13.9. The van der Waals surface area contributed by atoms with Crippen LogP contribution in [-0.4, -0.2) is 61.7 Å². The lowest BCUT2D eigenvalue weighted by Gasteiger charge is -2.29. The summed E-state index contributed by atoms with van der Waals surface area (Å²) in [6.45, 7) is 3.25. The molecule has 0 fully saturated rings. The quantitative estimate of drug-likeness (QED) is 0.196. The minimum Gasteiger partial charge on any atom is -0.481 e. The molecule has 0 bridgehead atoms. The fourth-order valence-corrected chi connectivity index (χ4v) is 4.48. The number of carboxylic acid groups (broad SMARTS) is 1. The predicted molar refractivity (Wildman–Crippen MR) is 150 cm³/mol. The van der Waals surface area contributed by atoms with Gasteiger partial charge in [0.2, 0.25) is 5.91 Å². The summed E-state index contributed by atoms with van der Waals surface area (Å²) >= 11 is 0. The Labute approximate surface area is 242 Å². The van der Waals surface area contributed by atoms with E-state index in [1.165, 1.54) is 24.4 Å². The lowest BCUT2D eigenvalue weighted by atomic mass is 9.87. The second kappa shape index (κ2) is 14.4. The molecule has 0 aliphatic carbocycles. The molecule has 3 aromatic rings. The second-order valence-electron chi connectivity index (χ2n) is 10.7. The smallest absolute Gasteiger partial charge is 0.306 e. The summed E-state index contributed by atoms with van der Waals surface area (Å²) in [7, 11) is 0. The van der Waals surface area contributed by atoms with Gasteiger partial charge in [-0.15, -0.1) is 0 Å². The first kappa shape index (κ1) is 32.1. The number of esters is 1. The van der Waals surface area contributed by atoms with E-state index in [1.54, 1.807) is 44.2 Å². The molecule has 2 amide bonds. The average Bonchev–Trinajstić information content (AvgIpc) is 2.93. The van der Waals surface area contributed by atoms with Crippen molar-refractivity contribution in [3.05, 3.63) is 71.8 Å². The van der Waals surface area contributed by atoms with Gasteiger partial charge in [0.15, 0.2) is 0 Å². The van der Waals surface area contributed by atoms with Gasteiger partial charge in [-0.2, -0.15) is 0 Å². The standard InChI is InChI=1S/C30H35FN4O7/c1-30(2,42-27(39)11-10-26(37)38)13-12-19(28(32)40)16-25(36)23(15-18-6-5-7-20(31)14-18)35-29(41)24-17-33-21-8-3-4-9-22(21)34-24/h3-9,14,17,19,23,25,36H,10-13,15-16H2,1-2H3,(H2,32,40)(H,35,41)(H,37,38). The van der Waals surface area contributed by atoms with Gasteiger partial charge in [-0.05, 0) is 69.4 Å². The monoisotopic (exact) mass is 582 g/mol. The highest BCUT2D eigenvalue weighted by atomic mass is 19.1. The second-order valence-corrected chi connectivity index (χ2v) is 10.7. The summed E-state index contributed by atoms with van der Waals surface area (Å²) < 4.78 is 19.3. The number of nitrogens with one attached hydrogen (secondary N) is 1. The summed E-state index contributed by atoms with van der Waals surface area (Å²) in [5.74, 6) is -4.46. The van der Waals surface area contributed by atoms with E-state index in [4.69, 9.17) is 15.6 Å². The van der Waals surface area contributed by atoms with Crippen molar-refractivity contribution in [2.45, 2.75) is 70.1 Å². The number of aliphatic hydroxyl groups is 1. The van der Waals surface area contributed by atoms with Crippen molar-refractivity contribution >= 4 is 34.8 Å². The zero-order valence-corrected chi connectivity index (χ0v) is 23.5. The van der Waals surface area contributed by atoms with Crippen molar-refractivity contribution in [3.63, 3.8) is 0 Å². The van der Waals surface area contributed by atoms with Crippen LogP contribution < -0.4 is 11.1 Å². The van der Waals surface area contributed by atoms with Gasteiger partial charge in [0.05, 0.1) is 42.2 Å². The molecule has 11 nitrogen and oxygen atoms in total. The number of hydrogen-bond donors (Lipinski definition) is 4. The fraction of sp³-hybridized carbons (Fsp3) is 0.400. The molecule has 0 spiro atoms. The Hall–Kier alpha value is -4.45. The Kier molecular flexibility index (Phi) is 11.0. The molecule has 2 aromatic carbocycles. The number of aliphatic hydroxyl groups excluding tert-OH is 1. The van der Waals surface area contributed by atoms with Crippen LogP contribution in [0.2, 0.25) is 0 Å². The Balaban J connectivity index is 1.73. The van der Waals surface area contributed by atoms with Gasteiger partial charge in [0, 0.05) is 5.92 Å². The first-order chi connectivity index (χ1) is 19.8. The number of carbonyl (C=O) groups excluding carboxylic acids is 3. The van der Waals surface area contributed by atoms with Crippen molar-refractivity contribution < 1.29 is 38.5 Å². The third-order valence-corrected chi connectivity index (χ3v) is 6.76. The van der Waals surface area contributed by atoms with Crippen LogP contribution >= 0.6 is 0 Å². The van der Waals surface area contributed by atoms with Gasteiger partial charge in [-0.25, -0.2) is 9.37 Å². The Morgan fingerprint density at radius 1 is 1.07 bits per heavy atom. The molecule has 42 heavy (non-hydrogen) atoms. The number of benzene rings is 2. The lowest BCUT2D eigenvalue weighted by Crippen LogP contribution is -2.46. The number of para-hydroxylation sites is 2. The van der Waals surface area contributed by atoms with Crippen LogP contribution in [0.5, 0.6) is 0 Å². The first-order valence-electron chi connectivity index (χ1n) is 13.5. The van der Waals surface area contributed by atoms with E-state index in [9.17, 15) is 28.7 Å². The number of aromatic nitrogens is 2. The van der Waals surface area contributed by atoms with Gasteiger partial charge in [-0.3, -0.25) is 24.2 Å². The Morgan fingerprint density at radius 3 is 2.45 bits per heavy atom. The number of rotatable bonds is 15. The molecule has 3 atom stereocenters. The van der Waals surface area contributed by atoms with E-state index in [1.807, 2.05) is 0 Å². The van der Waals surface area contributed by atoms with Gasteiger partial charge < -0.3 is 26.0 Å². The summed E-state index contributed by atoms with van der Waals surface area (Å²) in [6, 6.07) is 11.8. The van der Waals surface area contributed by atoms with Crippen LogP contribution in [-0.2, 0) is 25.5 Å². The summed E-state index contributed by atoms with van der Waals surface area (Å²) in [6.07, 6.45) is -0.374. The first-order valence-corrected chi connectivity index (χ1v) is 13.5. The van der Waals surface area contributed by atoms with E-state index in [0.29, 0.717) is 16.6 Å². The molecule has 1 aromatic heterocycles. The highest BCUT2D eigenvalue weighted by Crippen LogP contribution is 2.25. The number of ether oxygens (including phenoxy) is 1. The van der Waals surface area contributed by atoms with Gasteiger partial charge in [0.1, 0.15) is 17.1 Å². The van der Waals surface area contributed by atoms with Crippen molar-refractivity contribution in [2.24, 2.45) is 11.7 Å². The number of carbonyl (C=O) groups is 4. The summed E-state index contributed by atoms with van der Waals surface area (Å²) in [5, 5.41) is 22.7. The highest BCUT2D eigenvalue weighted by molar-refractivity contribution is 5.94. The van der Waals surface area contributed by atoms with Crippen LogP contribution in [0.4, 0.5) is 4.39 Å². The van der Waals surface area contributed by atoms with Crippen LogP contribution in [0.1, 0.15) is 62.0 Å². The van der Waals surface area contributed by atoms with Crippen molar-refractivity contribution in [2.75, 3.05) is 0 Å². The van der Waals surface area contributed by atoms with Crippen LogP contribution in [0.15, 0.2) is 54.7 Å². The van der Waals surface area contributed by atoms with Crippen LogP contribution in [0.25, 0.3) is 11.0 Å². The number of nitrogens with zero attached hydrogens (tertiary/aromatic N) is 2. The van der Waals surface area contributed by atoms with Crippen LogP contribution in [0, 0.1) is 11.7 Å². The lowest BCUT2D eigenvalue weighted by molar-refractivity contribution is -0.159. The predicted octanol–water partition coefficient (Wildman–Crippen LogP) is 2.93. The largest absolute Gasteiger partial charge is 0.481 e. The third-order valence-electron chi connectivity index (χ3n) is 6.76. The van der Waals surface area contributed by atoms with E-state index in [-0.39, 0.29) is 44.2 Å². The number of nitrogens with two attached hydrogens (primary N) is 1. The Bertz CT molecular complexity index is 1430. The topological polar surface area (TPSA) is 182 Å². The van der Waals surface area contributed by atoms with E-state index < -0.39 is 53.2 Å².